The Morgan fingerprint density at radius 2 is 1.80 bits per heavy atom. The lowest BCUT2D eigenvalue weighted by atomic mass is 9.85. The number of carbonyl (C=O) groups excluding carboxylic acids is 1. The maximum absolute atomic E-state index is 13.2. The predicted molar refractivity (Wildman–Crippen MR) is 116 cm³/mol. The van der Waals surface area contributed by atoms with E-state index in [4.69, 9.17) is 0 Å². The molecule has 2 aliphatic heterocycles. The second-order valence-electron chi connectivity index (χ2n) is 8.63. The molecule has 1 unspecified atom stereocenters. The highest BCUT2D eigenvalue weighted by Crippen LogP contribution is 2.41. The first-order valence-corrected chi connectivity index (χ1v) is 10.6. The van der Waals surface area contributed by atoms with Gasteiger partial charge in [-0.05, 0) is 49.0 Å². The molecule has 0 N–H and O–H groups in total. The third kappa shape index (κ3) is 3.21. The van der Waals surface area contributed by atoms with Gasteiger partial charge in [-0.15, -0.1) is 0 Å². The van der Waals surface area contributed by atoms with Gasteiger partial charge in [0.25, 0.3) is 5.56 Å². The smallest absolute Gasteiger partial charge is 0.255 e. The van der Waals surface area contributed by atoms with E-state index < -0.39 is 0 Å². The van der Waals surface area contributed by atoms with E-state index in [1.54, 1.807) is 10.8 Å². The molecule has 2 saturated heterocycles. The second-order valence-corrected chi connectivity index (χ2v) is 8.63. The van der Waals surface area contributed by atoms with E-state index in [0.717, 1.165) is 54.6 Å². The Hall–Kier alpha value is -2.99. The minimum atomic E-state index is -0.309. The number of benzene rings is 1. The van der Waals surface area contributed by atoms with Crippen molar-refractivity contribution in [1.29, 1.82) is 0 Å². The minimum absolute atomic E-state index is 0.0455. The normalized spacial score (nSPS) is 21.9. The number of carbonyl (C=O) groups is 1. The molecule has 1 aromatic carbocycles. The van der Waals surface area contributed by atoms with Gasteiger partial charge in [-0.2, -0.15) is 0 Å². The number of hydrogen-bond acceptors (Lipinski definition) is 4. The average Bonchev–Trinajstić information content (AvgIpc) is 3.31. The molecule has 2 aromatic heterocycles. The van der Waals surface area contributed by atoms with E-state index in [-0.39, 0.29) is 16.9 Å². The largest absolute Gasteiger partial charge is 0.336 e. The number of hydrogen-bond donors (Lipinski definition) is 0. The molecule has 5 rings (SSSR count). The van der Waals surface area contributed by atoms with Gasteiger partial charge in [0.1, 0.15) is 0 Å². The Balaban J connectivity index is 1.32. The van der Waals surface area contributed by atoms with Crippen LogP contribution in [0.25, 0.3) is 10.9 Å². The Morgan fingerprint density at radius 1 is 1.00 bits per heavy atom. The lowest BCUT2D eigenvalue weighted by molar-refractivity contribution is -0.136. The van der Waals surface area contributed by atoms with Gasteiger partial charge in [0, 0.05) is 38.4 Å². The molecule has 4 heterocycles. The molecule has 3 aromatic rings. The number of aromatic nitrogens is 2. The van der Waals surface area contributed by atoms with Crippen molar-refractivity contribution in [3.8, 4) is 0 Å². The second kappa shape index (κ2) is 7.36. The Labute approximate surface area is 175 Å². The topological polar surface area (TPSA) is 58.4 Å². The summed E-state index contributed by atoms with van der Waals surface area (Å²) in [6, 6.07) is 15.8. The van der Waals surface area contributed by atoms with E-state index in [9.17, 15) is 9.59 Å². The molecule has 0 radical (unpaired) electrons. The van der Waals surface area contributed by atoms with Crippen LogP contribution in [0.15, 0.2) is 59.5 Å². The van der Waals surface area contributed by atoms with Crippen LogP contribution < -0.4 is 5.56 Å². The van der Waals surface area contributed by atoms with Gasteiger partial charge >= 0.3 is 0 Å². The van der Waals surface area contributed by atoms with E-state index >= 15 is 0 Å². The summed E-state index contributed by atoms with van der Waals surface area (Å²) >= 11 is 0. The number of nitrogens with zero attached hydrogens (tertiary/aromatic N) is 4. The summed E-state index contributed by atoms with van der Waals surface area (Å²) < 4.78 is 1.73. The van der Waals surface area contributed by atoms with Crippen molar-refractivity contribution < 1.29 is 4.79 Å². The van der Waals surface area contributed by atoms with Gasteiger partial charge in [0.15, 0.2) is 0 Å². The number of pyridine rings is 2. The summed E-state index contributed by atoms with van der Waals surface area (Å²) in [5.74, 6) is 0.238. The molecule has 1 spiro atoms. The number of aryl methyl sites for hydroxylation is 1. The standard InChI is InChI=1S/C24H26N4O2/c1-26-21-8-3-2-6-18(21)14-19(22(26)29)15-27-12-9-24(17-27)10-13-28(23(24)30)16-20-7-4-5-11-25-20/h2-8,11,14H,9-10,12-13,15-17H2,1H3. The summed E-state index contributed by atoms with van der Waals surface area (Å²) in [6.45, 7) is 3.51. The van der Waals surface area contributed by atoms with Crippen LogP contribution >= 0.6 is 0 Å². The number of likely N-dealkylation sites (tertiary alicyclic amines) is 2. The molecule has 30 heavy (non-hydrogen) atoms. The monoisotopic (exact) mass is 402 g/mol. The lowest BCUT2D eigenvalue weighted by Crippen LogP contribution is -2.37. The van der Waals surface area contributed by atoms with Crippen LogP contribution in [0.1, 0.15) is 24.1 Å². The third-order valence-electron chi connectivity index (χ3n) is 6.71. The van der Waals surface area contributed by atoms with Crippen molar-refractivity contribution in [2.45, 2.75) is 25.9 Å². The fourth-order valence-corrected chi connectivity index (χ4v) is 5.05. The fourth-order valence-electron chi connectivity index (χ4n) is 5.05. The molecule has 154 valence electrons. The van der Waals surface area contributed by atoms with E-state index in [0.29, 0.717) is 13.1 Å². The maximum Gasteiger partial charge on any atom is 0.255 e. The van der Waals surface area contributed by atoms with Crippen molar-refractivity contribution in [3.05, 3.63) is 76.3 Å². The van der Waals surface area contributed by atoms with Gasteiger partial charge in [-0.1, -0.05) is 24.3 Å². The van der Waals surface area contributed by atoms with Gasteiger partial charge < -0.3 is 9.47 Å². The first kappa shape index (κ1) is 19.0. The molecule has 6 heteroatoms. The van der Waals surface area contributed by atoms with Gasteiger partial charge in [-0.25, -0.2) is 0 Å². The molecule has 2 fully saturated rings. The molecule has 1 amide bonds. The number of amides is 1. The highest BCUT2D eigenvalue weighted by atomic mass is 16.2. The lowest BCUT2D eigenvalue weighted by Gasteiger charge is -2.23. The van der Waals surface area contributed by atoms with Crippen LogP contribution in [0.2, 0.25) is 0 Å². The van der Waals surface area contributed by atoms with Gasteiger partial charge in [-0.3, -0.25) is 19.5 Å². The van der Waals surface area contributed by atoms with E-state index in [2.05, 4.69) is 9.88 Å². The number of fused-ring (bicyclic) bond motifs is 1. The molecule has 0 bridgehead atoms. The van der Waals surface area contributed by atoms with Crippen molar-refractivity contribution in [3.63, 3.8) is 0 Å². The highest BCUT2D eigenvalue weighted by Gasteiger charge is 2.50. The Morgan fingerprint density at radius 3 is 2.63 bits per heavy atom. The Kier molecular flexibility index (Phi) is 4.66. The van der Waals surface area contributed by atoms with E-state index in [1.165, 1.54) is 0 Å². The molecule has 6 nitrogen and oxygen atoms in total. The zero-order valence-corrected chi connectivity index (χ0v) is 17.3. The van der Waals surface area contributed by atoms with Gasteiger partial charge in [0.2, 0.25) is 5.91 Å². The third-order valence-corrected chi connectivity index (χ3v) is 6.71. The van der Waals surface area contributed by atoms with Crippen LogP contribution in [0.3, 0.4) is 0 Å². The number of rotatable bonds is 4. The molecular weight excluding hydrogens is 376 g/mol. The first-order chi connectivity index (χ1) is 14.6. The van der Waals surface area contributed by atoms with Crippen molar-refractivity contribution >= 4 is 16.8 Å². The van der Waals surface area contributed by atoms with Crippen molar-refractivity contribution in [2.75, 3.05) is 19.6 Å². The van der Waals surface area contributed by atoms with Crippen molar-refractivity contribution in [2.24, 2.45) is 12.5 Å². The van der Waals surface area contributed by atoms with Gasteiger partial charge in [0.05, 0.1) is 23.2 Å². The summed E-state index contributed by atoms with van der Waals surface area (Å²) in [5.41, 5.74) is 2.41. The number of para-hydroxylation sites is 1. The highest BCUT2D eigenvalue weighted by molar-refractivity contribution is 5.85. The average molecular weight is 402 g/mol. The fraction of sp³-hybridized carbons (Fsp3) is 0.375. The molecule has 0 aliphatic carbocycles. The molecule has 2 aliphatic rings. The molecule has 1 atom stereocenters. The summed E-state index contributed by atoms with van der Waals surface area (Å²) in [4.78, 5) is 34.7. The minimum Gasteiger partial charge on any atom is -0.336 e. The van der Waals surface area contributed by atoms with Crippen LogP contribution in [-0.4, -0.2) is 44.9 Å². The summed E-state index contributed by atoms with van der Waals surface area (Å²) in [5, 5.41) is 1.07. The van der Waals surface area contributed by atoms with Crippen LogP contribution in [0, 0.1) is 5.41 Å². The van der Waals surface area contributed by atoms with Crippen molar-refractivity contribution in [1.82, 2.24) is 19.4 Å². The zero-order valence-electron chi connectivity index (χ0n) is 17.3. The zero-order chi connectivity index (χ0) is 20.7. The van der Waals surface area contributed by atoms with E-state index in [1.807, 2.05) is 60.5 Å². The SMILES string of the molecule is Cn1c(=O)c(CN2CCC3(CCN(Cc4ccccn4)C3=O)C2)cc2ccccc21. The Bertz CT molecular complexity index is 1160. The molecule has 0 saturated carbocycles. The molecular formula is C24H26N4O2. The quantitative estimate of drug-likeness (QED) is 0.673. The van der Waals surface area contributed by atoms with Crippen LogP contribution in [0.4, 0.5) is 0 Å². The summed E-state index contributed by atoms with van der Waals surface area (Å²) in [7, 11) is 1.83. The first-order valence-electron chi connectivity index (χ1n) is 10.6. The predicted octanol–water partition coefficient (Wildman–Crippen LogP) is 2.56. The van der Waals surface area contributed by atoms with Crippen LogP contribution in [-0.2, 0) is 24.9 Å². The van der Waals surface area contributed by atoms with Crippen LogP contribution in [0.5, 0.6) is 0 Å². The summed E-state index contributed by atoms with van der Waals surface area (Å²) in [6.07, 6.45) is 3.51. The maximum atomic E-state index is 13.2.